The molecule has 1 heterocycles. The average Bonchev–Trinajstić information content (AvgIpc) is 2.97. The van der Waals surface area contributed by atoms with E-state index in [9.17, 15) is 9.59 Å². The molecule has 0 aromatic rings. The van der Waals surface area contributed by atoms with Gasteiger partial charge in [0.2, 0.25) is 0 Å². The summed E-state index contributed by atoms with van der Waals surface area (Å²) in [6.07, 6.45) is 11.7. The molecular weight excluding hydrogens is 300 g/mol. The predicted molar refractivity (Wildman–Crippen MR) is 102 cm³/mol. The van der Waals surface area contributed by atoms with Crippen molar-refractivity contribution in [2.24, 2.45) is 0 Å². The lowest BCUT2D eigenvalue weighted by Gasteiger charge is -2.39. The maximum Gasteiger partial charge on any atom is 0.0786 e. The van der Waals surface area contributed by atoms with Crippen LogP contribution in [0.25, 0.3) is 5.32 Å². The maximum atomic E-state index is 10.1. The minimum atomic E-state index is -0.273. The molecule has 2 amide bonds. The van der Waals surface area contributed by atoms with E-state index >= 15 is 0 Å². The molecule has 0 spiro atoms. The van der Waals surface area contributed by atoms with Crippen molar-refractivity contribution in [2.75, 3.05) is 26.2 Å². The fourth-order valence-corrected chi connectivity index (χ4v) is 3.11. The zero-order valence-corrected chi connectivity index (χ0v) is 16.6. The van der Waals surface area contributed by atoms with Crippen LogP contribution in [0.15, 0.2) is 0 Å². The van der Waals surface area contributed by atoms with E-state index in [0.29, 0.717) is 12.8 Å². The molecule has 0 radical (unpaired) electrons. The van der Waals surface area contributed by atoms with Crippen LogP contribution in [0.1, 0.15) is 91.9 Å². The second-order valence-electron chi connectivity index (χ2n) is 7.05. The van der Waals surface area contributed by atoms with Crippen molar-refractivity contribution in [1.82, 2.24) is 0 Å². The number of nitrogens with zero attached hydrogens (tertiary/aromatic N) is 2. The van der Waals surface area contributed by atoms with E-state index in [1.807, 2.05) is 0 Å². The summed E-state index contributed by atoms with van der Waals surface area (Å²) in [7, 11) is 0. The third kappa shape index (κ3) is 10.8. The summed E-state index contributed by atoms with van der Waals surface area (Å²) in [4.78, 5) is 20.1. The molecule has 1 aliphatic heterocycles. The van der Waals surface area contributed by atoms with E-state index in [0.717, 1.165) is 0 Å². The van der Waals surface area contributed by atoms with Crippen molar-refractivity contribution >= 4 is 11.8 Å². The molecule has 0 bridgehead atoms. The van der Waals surface area contributed by atoms with Gasteiger partial charge in [-0.3, -0.25) is 0 Å². The highest BCUT2D eigenvalue weighted by Gasteiger charge is 2.24. The third-order valence-corrected chi connectivity index (χ3v) is 4.75. The number of imide groups is 1. The standard InChI is InChI=1S/C16H36N.C4H5NO2/c1-5-9-13-17(14-10-6-2,15-11-7-3)16-12-8-4;6-3-1-2-4(7)5-3/h5-16H2,1-4H3;1-2H2,(H,5,6,7)/q+1;/p-1. The number of rotatable bonds is 12. The lowest BCUT2D eigenvalue weighted by atomic mass is 10.1. The quantitative estimate of drug-likeness (QED) is 0.361. The summed E-state index contributed by atoms with van der Waals surface area (Å²) in [5, 5.41) is 3.11. The normalized spacial score (nSPS) is 14.3. The lowest BCUT2D eigenvalue weighted by molar-refractivity contribution is -0.929. The highest BCUT2D eigenvalue weighted by molar-refractivity contribution is 6.18. The number of hydrogen-bond acceptors (Lipinski definition) is 2. The van der Waals surface area contributed by atoms with Gasteiger partial charge in [-0.25, -0.2) is 0 Å². The SMILES string of the molecule is CCCC[N+](CCCC)(CCCC)CCCC.O=C1CCC(=O)[N-]1. The zero-order chi connectivity index (χ0) is 18.3. The monoisotopic (exact) mass is 340 g/mol. The first kappa shape index (κ1) is 23.1. The summed E-state index contributed by atoms with van der Waals surface area (Å²) in [5.41, 5.74) is 0. The Morgan fingerprint density at radius 3 is 1.12 bits per heavy atom. The van der Waals surface area contributed by atoms with Crippen molar-refractivity contribution in [3.8, 4) is 0 Å². The van der Waals surface area contributed by atoms with Crippen molar-refractivity contribution in [2.45, 2.75) is 91.9 Å². The van der Waals surface area contributed by atoms with E-state index in [1.54, 1.807) is 0 Å². The van der Waals surface area contributed by atoms with Gasteiger partial charge in [-0.1, -0.05) is 53.4 Å². The van der Waals surface area contributed by atoms with Gasteiger partial charge in [0.05, 0.1) is 38.0 Å². The molecule has 0 aliphatic carbocycles. The first-order valence-corrected chi connectivity index (χ1v) is 10.2. The minimum Gasteiger partial charge on any atom is -0.596 e. The predicted octanol–water partition coefficient (Wildman–Crippen LogP) is 5.21. The van der Waals surface area contributed by atoms with Crippen LogP contribution >= 0.6 is 0 Å². The van der Waals surface area contributed by atoms with Crippen molar-refractivity contribution < 1.29 is 14.1 Å². The van der Waals surface area contributed by atoms with Gasteiger partial charge in [-0.15, -0.1) is 0 Å². The molecule has 24 heavy (non-hydrogen) atoms. The Labute approximate surface area is 150 Å². The Morgan fingerprint density at radius 2 is 0.958 bits per heavy atom. The van der Waals surface area contributed by atoms with Gasteiger partial charge >= 0.3 is 0 Å². The van der Waals surface area contributed by atoms with Crippen molar-refractivity contribution in [3.05, 3.63) is 5.32 Å². The summed E-state index contributed by atoms with van der Waals surface area (Å²) in [6, 6.07) is 0. The van der Waals surface area contributed by atoms with Crippen LogP contribution in [0.3, 0.4) is 0 Å². The van der Waals surface area contributed by atoms with E-state index in [4.69, 9.17) is 0 Å². The topological polar surface area (TPSA) is 48.2 Å². The molecule has 0 aromatic heterocycles. The number of amides is 2. The molecule has 0 N–H and O–H groups in total. The fraction of sp³-hybridized carbons (Fsp3) is 0.900. The molecule has 4 nitrogen and oxygen atoms in total. The molecule has 142 valence electrons. The highest BCUT2D eigenvalue weighted by Crippen LogP contribution is 2.16. The highest BCUT2D eigenvalue weighted by atomic mass is 16.2. The molecule has 1 aliphatic rings. The van der Waals surface area contributed by atoms with E-state index in [-0.39, 0.29) is 11.8 Å². The molecule has 1 rings (SSSR count). The Bertz CT molecular complexity index is 291. The number of quaternary nitrogens is 1. The van der Waals surface area contributed by atoms with Crippen LogP contribution in [0.4, 0.5) is 0 Å². The van der Waals surface area contributed by atoms with E-state index in [1.165, 1.54) is 82.0 Å². The second-order valence-corrected chi connectivity index (χ2v) is 7.05. The van der Waals surface area contributed by atoms with Crippen LogP contribution in [0.2, 0.25) is 0 Å². The summed E-state index contributed by atoms with van der Waals surface area (Å²) < 4.78 is 1.42. The Kier molecular flexibility index (Phi) is 13.9. The van der Waals surface area contributed by atoms with Gasteiger partial charge in [0, 0.05) is 0 Å². The van der Waals surface area contributed by atoms with Gasteiger partial charge in [0.1, 0.15) is 0 Å². The molecule has 0 saturated carbocycles. The van der Waals surface area contributed by atoms with Gasteiger partial charge in [-0.05, 0) is 38.5 Å². The smallest absolute Gasteiger partial charge is 0.0786 e. The first-order chi connectivity index (χ1) is 11.5. The molecule has 1 fully saturated rings. The summed E-state index contributed by atoms with van der Waals surface area (Å²) in [6.45, 7) is 15.0. The minimum absolute atomic E-state index is 0.273. The molecule has 0 unspecified atom stereocenters. The number of carbonyl (C=O) groups excluding carboxylic acids is 2. The third-order valence-electron chi connectivity index (χ3n) is 4.75. The van der Waals surface area contributed by atoms with Gasteiger partial charge in [-0.2, -0.15) is 0 Å². The van der Waals surface area contributed by atoms with Gasteiger partial charge < -0.3 is 19.4 Å². The van der Waals surface area contributed by atoms with Crippen molar-refractivity contribution in [1.29, 1.82) is 0 Å². The summed E-state index contributed by atoms with van der Waals surface area (Å²) >= 11 is 0. The Balaban J connectivity index is 0.000000620. The van der Waals surface area contributed by atoms with E-state index < -0.39 is 0 Å². The van der Waals surface area contributed by atoms with Crippen LogP contribution < -0.4 is 0 Å². The van der Waals surface area contributed by atoms with Crippen LogP contribution in [-0.4, -0.2) is 42.5 Å². The number of hydrogen-bond donors (Lipinski definition) is 0. The van der Waals surface area contributed by atoms with E-state index in [2.05, 4.69) is 33.0 Å². The van der Waals surface area contributed by atoms with Gasteiger partial charge in [0.25, 0.3) is 0 Å². The second kappa shape index (κ2) is 14.4. The molecular formula is C20H40N2O2. The van der Waals surface area contributed by atoms with Crippen molar-refractivity contribution in [3.63, 3.8) is 0 Å². The fourth-order valence-electron chi connectivity index (χ4n) is 3.11. The Morgan fingerprint density at radius 1 is 0.667 bits per heavy atom. The molecule has 0 aromatic carbocycles. The van der Waals surface area contributed by atoms with Gasteiger partial charge in [0.15, 0.2) is 0 Å². The molecule has 4 heteroatoms. The zero-order valence-electron chi connectivity index (χ0n) is 16.6. The average molecular weight is 341 g/mol. The van der Waals surface area contributed by atoms with Crippen LogP contribution in [-0.2, 0) is 9.59 Å². The number of unbranched alkanes of at least 4 members (excludes halogenated alkanes) is 4. The first-order valence-electron chi connectivity index (χ1n) is 10.2. The molecule has 0 atom stereocenters. The summed E-state index contributed by atoms with van der Waals surface area (Å²) in [5.74, 6) is -0.546. The largest absolute Gasteiger partial charge is 0.596 e. The number of carbonyl (C=O) groups is 2. The lowest BCUT2D eigenvalue weighted by Crippen LogP contribution is -2.50. The van der Waals surface area contributed by atoms with Crippen LogP contribution in [0, 0.1) is 0 Å². The van der Waals surface area contributed by atoms with Crippen LogP contribution in [0.5, 0.6) is 0 Å². The maximum absolute atomic E-state index is 10.1. The Hall–Kier alpha value is -0.900. The molecule has 1 saturated heterocycles.